The molecule has 0 saturated carbocycles. The Morgan fingerprint density at radius 3 is 2.56 bits per heavy atom. The number of alkyl halides is 3. The topological polar surface area (TPSA) is 18.5 Å². The molecule has 90 valence electrons. The molecule has 6 heteroatoms. The van der Waals surface area contributed by atoms with Crippen LogP contribution in [0.3, 0.4) is 0 Å². The van der Waals surface area contributed by atoms with Crippen molar-refractivity contribution in [3.8, 4) is 5.75 Å². The van der Waals surface area contributed by atoms with Crippen molar-refractivity contribution in [1.29, 1.82) is 0 Å². The maximum Gasteiger partial charge on any atom is 0.411 e. The highest BCUT2D eigenvalue weighted by Crippen LogP contribution is 2.25. The maximum absolute atomic E-state index is 11.7. The Morgan fingerprint density at radius 2 is 2.00 bits per heavy atom. The van der Waals surface area contributed by atoms with Crippen molar-refractivity contribution in [2.45, 2.75) is 13.1 Å². The van der Waals surface area contributed by atoms with Crippen LogP contribution in [0.2, 0.25) is 0 Å². The molecule has 0 N–H and O–H groups in total. The molecule has 0 fully saturated rings. The highest BCUT2D eigenvalue weighted by molar-refractivity contribution is 9.10. The molecule has 0 aliphatic rings. The number of ether oxygens (including phenoxy) is 2. The standard InChI is InChI=1S/C10H10BrF3O2/c1-7-2-3-9(8(11)4-7)16-6-15-5-10(12,13)14/h2-4H,5-6H2,1H3. The van der Waals surface area contributed by atoms with E-state index in [1.54, 1.807) is 18.2 Å². The Morgan fingerprint density at radius 1 is 1.31 bits per heavy atom. The molecule has 16 heavy (non-hydrogen) atoms. The third-order valence-corrected chi connectivity index (χ3v) is 2.27. The fourth-order valence-corrected chi connectivity index (χ4v) is 1.59. The van der Waals surface area contributed by atoms with Gasteiger partial charge in [0.25, 0.3) is 0 Å². The summed E-state index contributed by atoms with van der Waals surface area (Å²) in [6.07, 6.45) is -4.33. The van der Waals surface area contributed by atoms with Gasteiger partial charge in [-0.25, -0.2) is 0 Å². The van der Waals surface area contributed by atoms with Gasteiger partial charge in [0.05, 0.1) is 4.47 Å². The minimum absolute atomic E-state index is 0.429. The first-order valence-electron chi connectivity index (χ1n) is 4.42. The molecule has 0 amide bonds. The number of benzene rings is 1. The van der Waals surface area contributed by atoms with Gasteiger partial charge in [0, 0.05) is 0 Å². The maximum atomic E-state index is 11.7. The van der Waals surface area contributed by atoms with Gasteiger partial charge in [0.2, 0.25) is 0 Å². The summed E-state index contributed by atoms with van der Waals surface area (Å²) in [6.45, 7) is 0.159. The number of halogens is 4. The summed E-state index contributed by atoms with van der Waals surface area (Å²) in [5.41, 5.74) is 1.02. The average Bonchev–Trinajstić information content (AvgIpc) is 2.13. The van der Waals surface area contributed by atoms with Gasteiger partial charge in [-0.05, 0) is 40.5 Å². The second-order valence-corrected chi connectivity index (χ2v) is 4.01. The van der Waals surface area contributed by atoms with Crippen molar-refractivity contribution >= 4 is 15.9 Å². The Bertz CT molecular complexity index is 352. The molecule has 0 bridgehead atoms. The fraction of sp³-hybridized carbons (Fsp3) is 0.400. The van der Waals surface area contributed by atoms with E-state index in [0.717, 1.165) is 5.56 Å². The van der Waals surface area contributed by atoms with E-state index in [-0.39, 0.29) is 0 Å². The van der Waals surface area contributed by atoms with Crippen LogP contribution in [-0.4, -0.2) is 19.6 Å². The molecule has 0 aromatic heterocycles. The normalized spacial score (nSPS) is 11.6. The summed E-state index contributed by atoms with van der Waals surface area (Å²) >= 11 is 3.24. The molecule has 0 atom stereocenters. The smallest absolute Gasteiger partial charge is 0.411 e. The Balaban J connectivity index is 2.38. The molecule has 0 heterocycles. The molecular formula is C10H10BrF3O2. The van der Waals surface area contributed by atoms with E-state index in [9.17, 15) is 13.2 Å². The SMILES string of the molecule is Cc1ccc(OCOCC(F)(F)F)c(Br)c1. The number of aryl methyl sites for hydroxylation is 1. The van der Waals surface area contributed by atoms with Crippen molar-refractivity contribution < 1.29 is 22.6 Å². The van der Waals surface area contributed by atoms with Crippen LogP contribution in [-0.2, 0) is 4.74 Å². The first-order valence-corrected chi connectivity index (χ1v) is 5.21. The Hall–Kier alpha value is -0.750. The lowest BCUT2D eigenvalue weighted by molar-refractivity contribution is -0.186. The van der Waals surface area contributed by atoms with Crippen molar-refractivity contribution in [3.63, 3.8) is 0 Å². The van der Waals surface area contributed by atoms with Gasteiger partial charge in [-0.15, -0.1) is 0 Å². The number of hydrogen-bond donors (Lipinski definition) is 0. The third-order valence-electron chi connectivity index (χ3n) is 1.65. The van der Waals surface area contributed by atoms with E-state index in [4.69, 9.17) is 4.74 Å². The van der Waals surface area contributed by atoms with E-state index < -0.39 is 19.6 Å². The van der Waals surface area contributed by atoms with Crippen LogP contribution in [0.1, 0.15) is 5.56 Å². The van der Waals surface area contributed by atoms with Gasteiger partial charge in [-0.1, -0.05) is 6.07 Å². The molecule has 0 spiro atoms. The van der Waals surface area contributed by atoms with Gasteiger partial charge < -0.3 is 9.47 Å². The zero-order valence-electron chi connectivity index (χ0n) is 8.47. The monoisotopic (exact) mass is 298 g/mol. The van der Waals surface area contributed by atoms with E-state index in [0.29, 0.717) is 10.2 Å². The molecule has 1 rings (SSSR count). The van der Waals surface area contributed by atoms with Crippen molar-refractivity contribution in [2.75, 3.05) is 13.4 Å². The molecular weight excluding hydrogens is 289 g/mol. The lowest BCUT2D eigenvalue weighted by Gasteiger charge is -2.10. The molecule has 0 unspecified atom stereocenters. The summed E-state index contributed by atoms with van der Waals surface area (Å²) in [7, 11) is 0. The summed E-state index contributed by atoms with van der Waals surface area (Å²) < 4.78 is 45.2. The minimum Gasteiger partial charge on any atom is -0.466 e. The highest BCUT2D eigenvalue weighted by Gasteiger charge is 2.27. The molecule has 1 aromatic carbocycles. The van der Waals surface area contributed by atoms with Crippen LogP contribution in [0.5, 0.6) is 5.75 Å². The summed E-state index contributed by atoms with van der Waals surface area (Å²) in [5, 5.41) is 0. The molecule has 1 aromatic rings. The van der Waals surface area contributed by atoms with Gasteiger partial charge in [0.1, 0.15) is 12.4 Å². The van der Waals surface area contributed by atoms with Crippen LogP contribution >= 0.6 is 15.9 Å². The van der Waals surface area contributed by atoms with Crippen LogP contribution in [0, 0.1) is 6.92 Å². The molecule has 0 radical (unpaired) electrons. The molecule has 0 aliphatic carbocycles. The van der Waals surface area contributed by atoms with E-state index in [2.05, 4.69) is 20.7 Å². The number of hydrogen-bond acceptors (Lipinski definition) is 2. The largest absolute Gasteiger partial charge is 0.466 e. The lowest BCUT2D eigenvalue weighted by Crippen LogP contribution is -2.19. The van der Waals surface area contributed by atoms with Crippen molar-refractivity contribution in [1.82, 2.24) is 0 Å². The second kappa shape index (κ2) is 5.54. The average molecular weight is 299 g/mol. The zero-order valence-corrected chi connectivity index (χ0v) is 10.1. The molecule has 0 saturated heterocycles. The first kappa shape index (κ1) is 13.3. The van der Waals surface area contributed by atoms with Gasteiger partial charge in [-0.3, -0.25) is 0 Å². The van der Waals surface area contributed by atoms with Crippen LogP contribution < -0.4 is 4.74 Å². The van der Waals surface area contributed by atoms with Crippen LogP contribution in [0.25, 0.3) is 0 Å². The summed E-state index contributed by atoms with van der Waals surface area (Å²) in [6, 6.07) is 5.26. The van der Waals surface area contributed by atoms with Gasteiger partial charge in [-0.2, -0.15) is 13.2 Å². The predicted octanol–water partition coefficient (Wildman–Crippen LogP) is 3.67. The van der Waals surface area contributed by atoms with Gasteiger partial charge >= 0.3 is 6.18 Å². The second-order valence-electron chi connectivity index (χ2n) is 3.16. The predicted molar refractivity (Wildman–Crippen MR) is 56.4 cm³/mol. The quantitative estimate of drug-likeness (QED) is 0.624. The highest BCUT2D eigenvalue weighted by atomic mass is 79.9. The number of rotatable bonds is 4. The Labute approximate surface area is 99.5 Å². The van der Waals surface area contributed by atoms with Crippen LogP contribution in [0.4, 0.5) is 13.2 Å². The fourth-order valence-electron chi connectivity index (χ4n) is 0.985. The lowest BCUT2D eigenvalue weighted by atomic mass is 10.2. The summed E-state index contributed by atoms with van der Waals surface area (Å²) in [5.74, 6) is 0.452. The van der Waals surface area contributed by atoms with E-state index >= 15 is 0 Å². The third kappa shape index (κ3) is 4.85. The van der Waals surface area contributed by atoms with E-state index in [1.807, 2.05) is 6.92 Å². The van der Waals surface area contributed by atoms with Crippen molar-refractivity contribution in [2.24, 2.45) is 0 Å². The first-order chi connectivity index (χ1) is 7.38. The van der Waals surface area contributed by atoms with E-state index in [1.165, 1.54) is 0 Å². The molecule has 2 nitrogen and oxygen atoms in total. The summed E-state index contributed by atoms with van der Waals surface area (Å²) in [4.78, 5) is 0. The zero-order chi connectivity index (χ0) is 12.2. The van der Waals surface area contributed by atoms with Crippen LogP contribution in [0.15, 0.2) is 22.7 Å². The van der Waals surface area contributed by atoms with Crippen molar-refractivity contribution in [3.05, 3.63) is 28.2 Å². The molecule has 0 aliphatic heterocycles. The van der Waals surface area contributed by atoms with Gasteiger partial charge in [0.15, 0.2) is 6.79 Å². The Kier molecular flexibility index (Phi) is 4.61. The minimum atomic E-state index is -4.33.